The fourth-order valence-electron chi connectivity index (χ4n) is 1.54. The number of benzene rings is 1. The molecule has 2 aromatic rings. The van der Waals surface area contributed by atoms with Gasteiger partial charge in [0.25, 0.3) is 0 Å². The average molecular weight is 215 g/mol. The number of hydrogen-bond donors (Lipinski definition) is 1. The third-order valence-electron chi connectivity index (χ3n) is 2.42. The molecule has 82 valence electrons. The molecule has 0 bridgehead atoms. The van der Waals surface area contributed by atoms with Crippen LogP contribution in [-0.2, 0) is 4.79 Å². The van der Waals surface area contributed by atoms with E-state index < -0.39 is 0 Å². The molecule has 4 nitrogen and oxygen atoms in total. The van der Waals surface area contributed by atoms with E-state index in [2.05, 4.69) is 15.3 Å². The molecule has 2 rings (SSSR count). The maximum atomic E-state index is 11.0. The Kier molecular flexibility index (Phi) is 2.56. The van der Waals surface area contributed by atoms with E-state index in [0.717, 1.165) is 22.4 Å². The minimum absolute atomic E-state index is 0.104. The van der Waals surface area contributed by atoms with Gasteiger partial charge in [0.2, 0.25) is 5.91 Å². The van der Waals surface area contributed by atoms with Crippen LogP contribution in [0.3, 0.4) is 0 Å². The van der Waals surface area contributed by atoms with Gasteiger partial charge < -0.3 is 5.32 Å². The monoisotopic (exact) mass is 215 g/mol. The van der Waals surface area contributed by atoms with E-state index in [0.29, 0.717) is 5.69 Å². The largest absolute Gasteiger partial charge is 0.324 e. The van der Waals surface area contributed by atoms with E-state index >= 15 is 0 Å². The molecule has 0 aliphatic carbocycles. The molecule has 4 heteroatoms. The highest BCUT2D eigenvalue weighted by Crippen LogP contribution is 2.20. The average Bonchev–Trinajstić information content (AvgIpc) is 2.20. The van der Waals surface area contributed by atoms with Crippen LogP contribution in [-0.4, -0.2) is 15.9 Å². The number of anilines is 1. The molecule has 0 fully saturated rings. The van der Waals surface area contributed by atoms with Crippen molar-refractivity contribution in [1.29, 1.82) is 0 Å². The fourth-order valence-corrected chi connectivity index (χ4v) is 1.54. The van der Waals surface area contributed by atoms with Gasteiger partial charge in [-0.3, -0.25) is 4.79 Å². The van der Waals surface area contributed by atoms with Crippen LogP contribution in [0.1, 0.15) is 18.3 Å². The van der Waals surface area contributed by atoms with Gasteiger partial charge in [-0.25, -0.2) is 9.97 Å². The van der Waals surface area contributed by atoms with E-state index in [1.807, 2.05) is 32.0 Å². The Morgan fingerprint density at radius 2 is 1.88 bits per heavy atom. The Labute approximate surface area is 93.7 Å². The standard InChI is InChI=1S/C12H13N3O/c1-7-8(2)14-12-10(13-7)5-4-6-11(12)15-9(3)16/h4-6H,1-3H3,(H,15,16). The topological polar surface area (TPSA) is 54.9 Å². The fraction of sp³-hybridized carbons (Fsp3) is 0.250. The maximum absolute atomic E-state index is 11.0. The van der Waals surface area contributed by atoms with Crippen LogP contribution in [0.4, 0.5) is 5.69 Å². The van der Waals surface area contributed by atoms with Crippen molar-refractivity contribution < 1.29 is 4.79 Å². The van der Waals surface area contributed by atoms with Gasteiger partial charge in [0.1, 0.15) is 5.52 Å². The normalized spacial score (nSPS) is 10.4. The van der Waals surface area contributed by atoms with Crippen LogP contribution < -0.4 is 5.32 Å². The predicted octanol–water partition coefficient (Wildman–Crippen LogP) is 2.21. The van der Waals surface area contributed by atoms with Gasteiger partial charge in [-0.1, -0.05) is 6.07 Å². The number of nitrogens with zero attached hydrogens (tertiary/aromatic N) is 2. The minimum atomic E-state index is -0.104. The lowest BCUT2D eigenvalue weighted by atomic mass is 10.2. The number of nitrogens with one attached hydrogen (secondary N) is 1. The zero-order chi connectivity index (χ0) is 11.7. The van der Waals surface area contributed by atoms with Crippen LogP contribution in [0.5, 0.6) is 0 Å². The zero-order valence-electron chi connectivity index (χ0n) is 9.53. The summed E-state index contributed by atoms with van der Waals surface area (Å²) in [5.74, 6) is -0.104. The Bertz CT molecular complexity index is 563. The quantitative estimate of drug-likeness (QED) is 0.793. The molecule has 16 heavy (non-hydrogen) atoms. The molecule has 0 atom stereocenters. The van der Waals surface area contributed by atoms with Gasteiger partial charge in [0, 0.05) is 6.92 Å². The molecule has 1 amide bonds. The molecular formula is C12H13N3O. The number of aryl methyl sites for hydroxylation is 2. The van der Waals surface area contributed by atoms with Crippen molar-refractivity contribution in [3.05, 3.63) is 29.6 Å². The number of carbonyl (C=O) groups excluding carboxylic acids is 1. The number of amides is 1. The van der Waals surface area contributed by atoms with Gasteiger partial charge in [0.15, 0.2) is 0 Å². The molecule has 1 heterocycles. The highest BCUT2D eigenvalue weighted by Gasteiger charge is 2.06. The van der Waals surface area contributed by atoms with Crippen molar-refractivity contribution >= 4 is 22.6 Å². The van der Waals surface area contributed by atoms with Gasteiger partial charge >= 0.3 is 0 Å². The van der Waals surface area contributed by atoms with Crippen molar-refractivity contribution in [3.63, 3.8) is 0 Å². The van der Waals surface area contributed by atoms with Gasteiger partial charge in [-0.15, -0.1) is 0 Å². The van der Waals surface area contributed by atoms with Crippen LogP contribution in [0.2, 0.25) is 0 Å². The first-order valence-corrected chi connectivity index (χ1v) is 5.09. The van der Waals surface area contributed by atoms with Crippen molar-refractivity contribution in [2.24, 2.45) is 0 Å². The molecular weight excluding hydrogens is 202 g/mol. The second kappa shape index (κ2) is 3.89. The molecule has 1 aromatic heterocycles. The highest BCUT2D eigenvalue weighted by atomic mass is 16.1. The summed E-state index contributed by atoms with van der Waals surface area (Å²) in [6, 6.07) is 5.57. The van der Waals surface area contributed by atoms with E-state index in [-0.39, 0.29) is 5.91 Å². The molecule has 0 radical (unpaired) electrons. The van der Waals surface area contributed by atoms with Crippen molar-refractivity contribution in [2.45, 2.75) is 20.8 Å². The minimum Gasteiger partial charge on any atom is -0.324 e. The number of para-hydroxylation sites is 1. The van der Waals surface area contributed by atoms with Crippen molar-refractivity contribution in [2.75, 3.05) is 5.32 Å². The number of rotatable bonds is 1. The summed E-state index contributed by atoms with van der Waals surface area (Å²) in [6.45, 7) is 5.31. The van der Waals surface area contributed by atoms with Crippen LogP contribution >= 0.6 is 0 Å². The Hall–Kier alpha value is -1.97. The van der Waals surface area contributed by atoms with Crippen LogP contribution in [0.25, 0.3) is 11.0 Å². The van der Waals surface area contributed by atoms with Crippen LogP contribution in [0, 0.1) is 13.8 Å². The van der Waals surface area contributed by atoms with E-state index in [1.54, 1.807) is 0 Å². The molecule has 0 saturated carbocycles. The first kappa shape index (κ1) is 10.5. The van der Waals surface area contributed by atoms with E-state index in [1.165, 1.54) is 6.92 Å². The van der Waals surface area contributed by atoms with E-state index in [4.69, 9.17) is 0 Å². The first-order chi connectivity index (χ1) is 7.58. The smallest absolute Gasteiger partial charge is 0.221 e. The van der Waals surface area contributed by atoms with Gasteiger partial charge in [0.05, 0.1) is 22.6 Å². The molecule has 0 unspecified atom stereocenters. The lowest BCUT2D eigenvalue weighted by molar-refractivity contribution is -0.114. The number of hydrogen-bond acceptors (Lipinski definition) is 3. The SMILES string of the molecule is CC(=O)Nc1cccc2nc(C)c(C)nc12. The van der Waals surface area contributed by atoms with Gasteiger partial charge in [-0.2, -0.15) is 0 Å². The first-order valence-electron chi connectivity index (χ1n) is 5.09. The molecule has 0 aliphatic rings. The molecule has 1 aromatic carbocycles. The van der Waals surface area contributed by atoms with Crippen molar-refractivity contribution in [1.82, 2.24) is 9.97 Å². The number of fused-ring (bicyclic) bond motifs is 1. The summed E-state index contributed by atoms with van der Waals surface area (Å²) >= 11 is 0. The molecule has 0 aliphatic heterocycles. The summed E-state index contributed by atoms with van der Waals surface area (Å²) in [5, 5.41) is 2.75. The molecule has 0 saturated heterocycles. The highest BCUT2D eigenvalue weighted by molar-refractivity contribution is 5.98. The summed E-state index contributed by atoms with van der Waals surface area (Å²) in [7, 11) is 0. The summed E-state index contributed by atoms with van der Waals surface area (Å²) in [6.07, 6.45) is 0. The lowest BCUT2D eigenvalue weighted by Gasteiger charge is -2.07. The third kappa shape index (κ3) is 1.86. The van der Waals surface area contributed by atoms with Crippen molar-refractivity contribution in [3.8, 4) is 0 Å². The van der Waals surface area contributed by atoms with E-state index in [9.17, 15) is 4.79 Å². The Morgan fingerprint density at radius 3 is 2.56 bits per heavy atom. The van der Waals surface area contributed by atoms with Crippen LogP contribution in [0.15, 0.2) is 18.2 Å². The molecule has 0 spiro atoms. The Morgan fingerprint density at radius 1 is 1.19 bits per heavy atom. The summed E-state index contributed by atoms with van der Waals surface area (Å²) in [5.41, 5.74) is 4.04. The third-order valence-corrected chi connectivity index (χ3v) is 2.42. The number of carbonyl (C=O) groups is 1. The second-order valence-electron chi connectivity index (χ2n) is 3.75. The van der Waals surface area contributed by atoms with Gasteiger partial charge in [-0.05, 0) is 26.0 Å². The number of aromatic nitrogens is 2. The predicted molar refractivity (Wildman–Crippen MR) is 63.3 cm³/mol. The maximum Gasteiger partial charge on any atom is 0.221 e. The second-order valence-corrected chi connectivity index (χ2v) is 3.75. The summed E-state index contributed by atoms with van der Waals surface area (Å²) in [4.78, 5) is 19.9. The molecule has 1 N–H and O–H groups in total. The lowest BCUT2D eigenvalue weighted by Crippen LogP contribution is -2.07. The zero-order valence-corrected chi connectivity index (χ0v) is 9.53. The Balaban J connectivity index is 2.67. The summed E-state index contributed by atoms with van der Waals surface area (Å²) < 4.78 is 0.